The number of fused-ring (bicyclic) bond motifs is 1. The van der Waals surface area contributed by atoms with Crippen molar-refractivity contribution in [3.8, 4) is 0 Å². The lowest BCUT2D eigenvalue weighted by atomic mass is 10.2. The van der Waals surface area contributed by atoms with Gasteiger partial charge in [0.2, 0.25) is 0 Å². The monoisotopic (exact) mass is 214 g/mol. The van der Waals surface area contributed by atoms with Gasteiger partial charge in [0.15, 0.2) is 6.29 Å². The fourth-order valence-electron chi connectivity index (χ4n) is 1.76. The lowest BCUT2D eigenvalue weighted by Crippen LogP contribution is -2.16. The van der Waals surface area contributed by atoms with Gasteiger partial charge in [-0.25, -0.2) is 4.98 Å². The molecule has 0 amide bonds. The highest BCUT2D eigenvalue weighted by Crippen LogP contribution is 2.18. The molecular weight excluding hydrogens is 204 g/mol. The molecule has 1 aliphatic rings. The Kier molecular flexibility index (Phi) is 2.08. The molecule has 1 fully saturated rings. The van der Waals surface area contributed by atoms with Gasteiger partial charge in [-0.2, -0.15) is 0 Å². The number of aldehydes is 1. The van der Waals surface area contributed by atoms with Gasteiger partial charge in [-0.15, -0.1) is 0 Å². The van der Waals surface area contributed by atoms with E-state index in [0.717, 1.165) is 17.6 Å². The van der Waals surface area contributed by atoms with Crippen molar-refractivity contribution in [3.05, 3.63) is 41.4 Å². The zero-order valence-electron chi connectivity index (χ0n) is 8.59. The SMILES string of the molecule is O=Cc1nc2ccccn2c1C=C1COC1. The van der Waals surface area contributed by atoms with Gasteiger partial charge in [-0.3, -0.25) is 9.20 Å². The van der Waals surface area contributed by atoms with Crippen LogP contribution in [-0.2, 0) is 4.74 Å². The Morgan fingerprint density at radius 1 is 1.38 bits per heavy atom. The third-order valence-electron chi connectivity index (χ3n) is 2.62. The number of nitrogens with zero attached hydrogens (tertiary/aromatic N) is 2. The largest absolute Gasteiger partial charge is 0.373 e. The number of hydrogen-bond donors (Lipinski definition) is 0. The van der Waals surface area contributed by atoms with Crippen molar-refractivity contribution in [2.75, 3.05) is 13.2 Å². The molecule has 1 aliphatic heterocycles. The molecule has 2 aromatic heterocycles. The van der Waals surface area contributed by atoms with Gasteiger partial charge >= 0.3 is 0 Å². The molecular formula is C12H10N2O2. The average molecular weight is 214 g/mol. The van der Waals surface area contributed by atoms with E-state index in [0.29, 0.717) is 18.9 Å². The van der Waals surface area contributed by atoms with Crippen LogP contribution in [0.15, 0.2) is 30.0 Å². The van der Waals surface area contributed by atoms with Crippen LogP contribution in [0.5, 0.6) is 0 Å². The van der Waals surface area contributed by atoms with Crippen LogP contribution in [0.3, 0.4) is 0 Å². The zero-order valence-corrected chi connectivity index (χ0v) is 8.59. The summed E-state index contributed by atoms with van der Waals surface area (Å²) in [6, 6.07) is 5.70. The topological polar surface area (TPSA) is 43.6 Å². The maximum absolute atomic E-state index is 10.9. The van der Waals surface area contributed by atoms with Crippen LogP contribution in [0.2, 0.25) is 0 Å². The number of carbonyl (C=O) groups is 1. The van der Waals surface area contributed by atoms with Crippen molar-refractivity contribution in [3.63, 3.8) is 0 Å². The van der Waals surface area contributed by atoms with Crippen LogP contribution < -0.4 is 0 Å². The standard InChI is InChI=1S/C12H10N2O2/c15-6-10-11(5-9-7-16-8-9)14-4-2-1-3-12(14)13-10/h1-6H,7-8H2. The van der Waals surface area contributed by atoms with Crippen molar-refractivity contribution in [1.29, 1.82) is 0 Å². The molecule has 0 unspecified atom stereocenters. The predicted octanol–water partition coefficient (Wildman–Crippen LogP) is 1.56. The zero-order chi connectivity index (χ0) is 11.0. The molecule has 80 valence electrons. The summed E-state index contributed by atoms with van der Waals surface area (Å²) < 4.78 is 6.99. The lowest BCUT2D eigenvalue weighted by Gasteiger charge is -2.17. The number of imidazole rings is 1. The summed E-state index contributed by atoms with van der Waals surface area (Å²) in [5.74, 6) is 0. The van der Waals surface area contributed by atoms with E-state index in [4.69, 9.17) is 4.74 Å². The van der Waals surface area contributed by atoms with E-state index < -0.39 is 0 Å². The molecule has 0 radical (unpaired) electrons. The maximum atomic E-state index is 10.9. The summed E-state index contributed by atoms with van der Waals surface area (Å²) in [6.07, 6.45) is 4.67. The van der Waals surface area contributed by atoms with Crippen molar-refractivity contribution in [2.45, 2.75) is 0 Å². The van der Waals surface area contributed by atoms with Gasteiger partial charge in [-0.1, -0.05) is 6.07 Å². The molecule has 3 heterocycles. The molecule has 0 aliphatic carbocycles. The van der Waals surface area contributed by atoms with Crippen molar-refractivity contribution in [2.24, 2.45) is 0 Å². The summed E-state index contributed by atoms with van der Waals surface area (Å²) in [5, 5.41) is 0. The predicted molar refractivity (Wildman–Crippen MR) is 59.4 cm³/mol. The first-order valence-corrected chi connectivity index (χ1v) is 5.08. The van der Waals surface area contributed by atoms with Crippen molar-refractivity contribution in [1.82, 2.24) is 9.38 Å². The molecule has 0 spiro atoms. The molecule has 3 rings (SSSR count). The van der Waals surface area contributed by atoms with Gasteiger partial charge < -0.3 is 4.74 Å². The number of carbonyl (C=O) groups excluding carboxylic acids is 1. The van der Waals surface area contributed by atoms with E-state index >= 15 is 0 Å². The van der Waals surface area contributed by atoms with Crippen molar-refractivity contribution >= 4 is 18.0 Å². The van der Waals surface area contributed by atoms with Gasteiger partial charge in [0.05, 0.1) is 18.9 Å². The number of aromatic nitrogens is 2. The molecule has 0 N–H and O–H groups in total. The highest BCUT2D eigenvalue weighted by molar-refractivity contribution is 5.81. The third kappa shape index (κ3) is 1.35. The first kappa shape index (κ1) is 9.30. The summed E-state index contributed by atoms with van der Waals surface area (Å²) in [7, 11) is 0. The van der Waals surface area contributed by atoms with Gasteiger partial charge in [-0.05, 0) is 23.8 Å². The summed E-state index contributed by atoms with van der Waals surface area (Å²) in [6.45, 7) is 1.30. The van der Waals surface area contributed by atoms with Crippen LogP contribution in [0, 0.1) is 0 Å². The van der Waals surface area contributed by atoms with E-state index in [1.807, 2.05) is 34.9 Å². The quantitative estimate of drug-likeness (QED) is 0.712. The molecule has 2 aromatic rings. The Balaban J connectivity index is 2.22. The second-order valence-electron chi connectivity index (χ2n) is 3.72. The molecule has 0 saturated carbocycles. The Hall–Kier alpha value is -1.94. The van der Waals surface area contributed by atoms with Crippen LogP contribution in [0.4, 0.5) is 0 Å². The lowest BCUT2D eigenvalue weighted by molar-refractivity contribution is 0.105. The third-order valence-corrected chi connectivity index (χ3v) is 2.62. The van der Waals surface area contributed by atoms with Crippen LogP contribution in [0.25, 0.3) is 11.7 Å². The van der Waals surface area contributed by atoms with Crippen LogP contribution in [0.1, 0.15) is 16.2 Å². The first-order chi connectivity index (χ1) is 7.88. The summed E-state index contributed by atoms with van der Waals surface area (Å²) in [4.78, 5) is 15.2. The number of rotatable bonds is 2. The number of pyridine rings is 1. The molecule has 0 bridgehead atoms. The Bertz CT molecular complexity index is 578. The Labute approximate surface area is 92.2 Å². The average Bonchev–Trinajstić information content (AvgIpc) is 2.61. The van der Waals surface area contributed by atoms with E-state index in [9.17, 15) is 4.79 Å². The van der Waals surface area contributed by atoms with Gasteiger partial charge in [0, 0.05) is 6.20 Å². The molecule has 0 atom stereocenters. The van der Waals surface area contributed by atoms with Crippen molar-refractivity contribution < 1.29 is 9.53 Å². The molecule has 0 aromatic carbocycles. The fourth-order valence-corrected chi connectivity index (χ4v) is 1.76. The van der Waals surface area contributed by atoms with E-state index in [2.05, 4.69) is 4.98 Å². The van der Waals surface area contributed by atoms with E-state index in [1.165, 1.54) is 5.57 Å². The number of hydrogen-bond acceptors (Lipinski definition) is 3. The smallest absolute Gasteiger partial charge is 0.170 e. The number of ether oxygens (including phenoxy) is 1. The Morgan fingerprint density at radius 2 is 2.25 bits per heavy atom. The van der Waals surface area contributed by atoms with Crippen LogP contribution >= 0.6 is 0 Å². The summed E-state index contributed by atoms with van der Waals surface area (Å²) >= 11 is 0. The van der Waals surface area contributed by atoms with Gasteiger partial charge in [0.1, 0.15) is 11.3 Å². The maximum Gasteiger partial charge on any atom is 0.170 e. The molecule has 4 heteroatoms. The molecule has 4 nitrogen and oxygen atoms in total. The second-order valence-corrected chi connectivity index (χ2v) is 3.72. The van der Waals surface area contributed by atoms with E-state index in [1.54, 1.807) is 0 Å². The second kappa shape index (κ2) is 3.57. The fraction of sp³-hybridized carbons (Fsp3) is 0.167. The summed E-state index contributed by atoms with van der Waals surface area (Å²) in [5.41, 5.74) is 3.29. The molecule has 16 heavy (non-hydrogen) atoms. The normalized spacial score (nSPS) is 14.9. The van der Waals surface area contributed by atoms with Gasteiger partial charge in [0.25, 0.3) is 0 Å². The highest BCUT2D eigenvalue weighted by Gasteiger charge is 2.13. The highest BCUT2D eigenvalue weighted by atomic mass is 16.5. The minimum atomic E-state index is 0.477. The minimum Gasteiger partial charge on any atom is -0.373 e. The Morgan fingerprint density at radius 3 is 2.94 bits per heavy atom. The van der Waals surface area contributed by atoms with Crippen LogP contribution in [-0.4, -0.2) is 28.9 Å². The molecule has 1 saturated heterocycles. The van der Waals surface area contributed by atoms with E-state index in [-0.39, 0.29) is 0 Å². The minimum absolute atomic E-state index is 0.477. The first-order valence-electron chi connectivity index (χ1n) is 5.08.